The number of benzene rings is 1. The molecular weight excluding hydrogens is 348 g/mol. The molecule has 1 aromatic carbocycles. The summed E-state index contributed by atoms with van der Waals surface area (Å²) in [6.45, 7) is 0. The molecule has 2 aliphatic rings. The lowest BCUT2D eigenvalue weighted by atomic mass is 10.2. The minimum atomic E-state index is -0.123. The zero-order chi connectivity index (χ0) is 18.3. The van der Waals surface area contributed by atoms with Gasteiger partial charge in [0.15, 0.2) is 5.16 Å². The van der Waals surface area contributed by atoms with Crippen LogP contribution in [0.4, 0.5) is 11.4 Å². The summed E-state index contributed by atoms with van der Waals surface area (Å²) in [7, 11) is 3.95. The van der Waals surface area contributed by atoms with Crippen LogP contribution < -0.4 is 15.8 Å². The van der Waals surface area contributed by atoms with Gasteiger partial charge in [0, 0.05) is 43.2 Å². The molecule has 26 heavy (non-hydrogen) atoms. The molecule has 0 bridgehead atoms. The van der Waals surface area contributed by atoms with Crippen LogP contribution in [0.15, 0.2) is 34.2 Å². The Kier molecular flexibility index (Phi) is 4.48. The van der Waals surface area contributed by atoms with E-state index in [0.29, 0.717) is 0 Å². The molecule has 6 nitrogen and oxygen atoms in total. The van der Waals surface area contributed by atoms with Gasteiger partial charge < -0.3 is 10.2 Å². The zero-order valence-corrected chi connectivity index (χ0v) is 15.8. The van der Waals surface area contributed by atoms with Crippen molar-refractivity contribution in [1.29, 1.82) is 0 Å². The van der Waals surface area contributed by atoms with E-state index in [1.807, 2.05) is 43.3 Å². The fourth-order valence-electron chi connectivity index (χ4n) is 3.57. The van der Waals surface area contributed by atoms with Gasteiger partial charge in [-0.25, -0.2) is 4.98 Å². The fraction of sp³-hybridized carbons (Fsp3) is 0.421. The van der Waals surface area contributed by atoms with Gasteiger partial charge in [-0.2, -0.15) is 0 Å². The monoisotopic (exact) mass is 370 g/mol. The van der Waals surface area contributed by atoms with Crippen molar-refractivity contribution in [2.24, 2.45) is 0 Å². The topological polar surface area (TPSA) is 67.2 Å². The van der Waals surface area contributed by atoms with Crippen molar-refractivity contribution in [3.8, 4) is 0 Å². The van der Waals surface area contributed by atoms with Crippen molar-refractivity contribution in [3.05, 3.63) is 45.9 Å². The number of thioether (sulfide) groups is 1. The van der Waals surface area contributed by atoms with Crippen molar-refractivity contribution in [2.45, 2.75) is 36.9 Å². The molecule has 7 heteroatoms. The van der Waals surface area contributed by atoms with Crippen molar-refractivity contribution in [2.75, 3.05) is 30.1 Å². The Bertz CT molecular complexity index is 905. The third-order valence-corrected chi connectivity index (χ3v) is 6.06. The third kappa shape index (κ3) is 3.11. The molecule has 2 heterocycles. The average Bonchev–Trinajstić information content (AvgIpc) is 3.23. The van der Waals surface area contributed by atoms with Gasteiger partial charge in [-0.1, -0.05) is 11.8 Å². The van der Waals surface area contributed by atoms with Gasteiger partial charge in [0.05, 0.1) is 11.7 Å². The lowest BCUT2D eigenvalue weighted by Gasteiger charge is -2.15. The van der Waals surface area contributed by atoms with E-state index in [4.69, 9.17) is 0 Å². The van der Waals surface area contributed by atoms with Gasteiger partial charge >= 0.3 is 0 Å². The Morgan fingerprint density at radius 3 is 2.81 bits per heavy atom. The molecule has 0 radical (unpaired) electrons. The molecule has 0 saturated heterocycles. The molecular formula is C19H22N4O2S. The van der Waals surface area contributed by atoms with E-state index in [9.17, 15) is 9.59 Å². The number of carbonyl (C=O) groups is 1. The summed E-state index contributed by atoms with van der Waals surface area (Å²) in [5, 5.41) is 3.70. The summed E-state index contributed by atoms with van der Waals surface area (Å²) in [4.78, 5) is 31.9. The van der Waals surface area contributed by atoms with Crippen LogP contribution in [0.5, 0.6) is 0 Å². The molecule has 1 unspecified atom stereocenters. The Balaban J connectivity index is 1.48. The van der Waals surface area contributed by atoms with Crippen LogP contribution >= 0.6 is 11.8 Å². The molecule has 136 valence electrons. The van der Waals surface area contributed by atoms with Gasteiger partial charge in [0.2, 0.25) is 5.91 Å². The first-order chi connectivity index (χ1) is 12.5. The maximum Gasteiger partial charge on any atom is 0.257 e. The maximum atomic E-state index is 12.8. The number of anilines is 2. The number of nitrogens with zero attached hydrogens (tertiary/aromatic N) is 3. The first kappa shape index (κ1) is 17.1. The Hall–Kier alpha value is -2.28. The highest BCUT2D eigenvalue weighted by Gasteiger charge is 2.31. The van der Waals surface area contributed by atoms with Crippen LogP contribution in [0.2, 0.25) is 0 Å². The number of aromatic nitrogens is 2. The van der Waals surface area contributed by atoms with Crippen LogP contribution in [0.3, 0.4) is 0 Å². The van der Waals surface area contributed by atoms with E-state index >= 15 is 0 Å². The van der Waals surface area contributed by atoms with Crippen molar-refractivity contribution in [3.63, 3.8) is 0 Å². The SMILES string of the molecule is CN(C)c1ccc(NC(=O)CC2CSc3nc4c(c(=O)n32)CCC4)cc1. The van der Waals surface area contributed by atoms with Gasteiger partial charge in [-0.3, -0.25) is 14.2 Å². The van der Waals surface area contributed by atoms with E-state index < -0.39 is 0 Å². The second-order valence-electron chi connectivity index (χ2n) is 7.01. The first-order valence-corrected chi connectivity index (χ1v) is 9.86. The number of nitrogens with one attached hydrogen (secondary N) is 1. The molecule has 2 aromatic rings. The predicted molar refractivity (Wildman–Crippen MR) is 104 cm³/mol. The lowest BCUT2D eigenvalue weighted by Crippen LogP contribution is -2.30. The van der Waals surface area contributed by atoms with Gasteiger partial charge in [0.1, 0.15) is 0 Å². The quantitative estimate of drug-likeness (QED) is 0.838. The van der Waals surface area contributed by atoms with Crippen LogP contribution in [-0.2, 0) is 17.6 Å². The second-order valence-corrected chi connectivity index (χ2v) is 7.99. The van der Waals surface area contributed by atoms with E-state index in [-0.39, 0.29) is 23.9 Å². The molecule has 1 atom stereocenters. The predicted octanol–water partition coefficient (Wildman–Crippen LogP) is 2.47. The van der Waals surface area contributed by atoms with Gasteiger partial charge in [-0.05, 0) is 43.5 Å². The lowest BCUT2D eigenvalue weighted by molar-refractivity contribution is -0.116. The molecule has 1 aliphatic heterocycles. The first-order valence-electron chi connectivity index (χ1n) is 8.87. The standard InChI is InChI=1S/C19H22N4O2S/c1-22(2)13-8-6-12(7-9-13)20-17(24)10-14-11-26-19-21-16-5-3-4-15(16)18(25)23(14)19/h6-9,14H,3-5,10-11H2,1-2H3,(H,20,24). The molecule has 0 fully saturated rings. The van der Waals surface area contributed by atoms with Crippen LogP contribution in [0, 0.1) is 0 Å². The van der Waals surface area contributed by atoms with E-state index in [0.717, 1.165) is 52.8 Å². The van der Waals surface area contributed by atoms with E-state index in [1.54, 1.807) is 16.3 Å². The van der Waals surface area contributed by atoms with Crippen molar-refractivity contribution >= 4 is 29.0 Å². The highest BCUT2D eigenvalue weighted by Crippen LogP contribution is 2.34. The van der Waals surface area contributed by atoms with Gasteiger partial charge in [0.25, 0.3) is 5.56 Å². The average molecular weight is 370 g/mol. The number of carbonyl (C=O) groups excluding carboxylic acids is 1. The third-order valence-electron chi connectivity index (χ3n) is 4.96. The Morgan fingerprint density at radius 2 is 2.08 bits per heavy atom. The van der Waals surface area contributed by atoms with Crippen molar-refractivity contribution in [1.82, 2.24) is 9.55 Å². The number of fused-ring (bicyclic) bond motifs is 2. The smallest absolute Gasteiger partial charge is 0.257 e. The minimum absolute atomic E-state index is 0.0561. The summed E-state index contributed by atoms with van der Waals surface area (Å²) >= 11 is 1.58. The summed E-state index contributed by atoms with van der Waals surface area (Å²) in [6, 6.07) is 7.60. The van der Waals surface area contributed by atoms with E-state index in [1.165, 1.54) is 0 Å². The summed E-state index contributed by atoms with van der Waals surface area (Å²) < 4.78 is 1.74. The van der Waals surface area contributed by atoms with Crippen LogP contribution in [0.25, 0.3) is 0 Å². The Labute approximate surface area is 156 Å². The minimum Gasteiger partial charge on any atom is -0.378 e. The fourth-order valence-corrected chi connectivity index (χ4v) is 4.73. The number of rotatable bonds is 4. The summed E-state index contributed by atoms with van der Waals surface area (Å²) in [5.74, 6) is 0.645. The number of amides is 1. The van der Waals surface area contributed by atoms with Crippen molar-refractivity contribution < 1.29 is 4.79 Å². The van der Waals surface area contributed by atoms with Crippen LogP contribution in [-0.4, -0.2) is 35.3 Å². The number of hydrogen-bond donors (Lipinski definition) is 1. The zero-order valence-electron chi connectivity index (χ0n) is 15.0. The summed E-state index contributed by atoms with van der Waals surface area (Å²) in [5.41, 5.74) is 3.71. The Morgan fingerprint density at radius 1 is 1.31 bits per heavy atom. The van der Waals surface area contributed by atoms with Gasteiger partial charge in [-0.15, -0.1) is 0 Å². The molecule has 1 aliphatic carbocycles. The molecule has 1 aromatic heterocycles. The second kappa shape index (κ2) is 6.79. The normalized spacial score (nSPS) is 17.7. The molecule has 1 N–H and O–H groups in total. The maximum absolute atomic E-state index is 12.8. The molecule has 0 spiro atoms. The number of hydrogen-bond acceptors (Lipinski definition) is 5. The molecule has 0 saturated carbocycles. The van der Waals surface area contributed by atoms with Crippen LogP contribution in [0.1, 0.15) is 30.1 Å². The summed E-state index contributed by atoms with van der Waals surface area (Å²) in [6.07, 6.45) is 2.99. The highest BCUT2D eigenvalue weighted by atomic mass is 32.2. The largest absolute Gasteiger partial charge is 0.378 e. The number of aryl methyl sites for hydroxylation is 1. The molecule has 1 amide bonds. The molecule has 4 rings (SSSR count). The highest BCUT2D eigenvalue weighted by molar-refractivity contribution is 7.99. The van der Waals surface area contributed by atoms with E-state index in [2.05, 4.69) is 10.3 Å².